The van der Waals surface area contributed by atoms with Gasteiger partial charge >= 0.3 is 0 Å². The fourth-order valence-corrected chi connectivity index (χ4v) is 2.82. The number of hydrogen-bond acceptors (Lipinski definition) is 1. The number of anilines is 1. The van der Waals surface area contributed by atoms with Gasteiger partial charge in [0.1, 0.15) is 0 Å². The maximum atomic E-state index is 3.56. The molecule has 0 radical (unpaired) electrons. The summed E-state index contributed by atoms with van der Waals surface area (Å²) in [4.78, 5) is 0. The smallest absolute Gasteiger partial charge is 0.0707 e. The van der Waals surface area contributed by atoms with Gasteiger partial charge in [-0.15, -0.1) is 0 Å². The summed E-state index contributed by atoms with van der Waals surface area (Å²) in [5.74, 6) is 0. The van der Waals surface area contributed by atoms with Gasteiger partial charge in [0.15, 0.2) is 0 Å². The first-order valence-corrected chi connectivity index (χ1v) is 5.41. The van der Waals surface area contributed by atoms with Gasteiger partial charge in [0.25, 0.3) is 0 Å². The number of benzene rings is 2. The molecule has 1 nitrogen and oxygen atoms in total. The lowest BCUT2D eigenvalue weighted by Crippen LogP contribution is -2.07. The molecule has 1 heteroatoms. The Bertz CT molecular complexity index is 596. The highest BCUT2D eigenvalue weighted by atomic mass is 14.9. The molecule has 0 saturated heterocycles. The Morgan fingerprint density at radius 3 is 3.13 bits per heavy atom. The Kier molecular flexibility index (Phi) is 1.22. The highest BCUT2D eigenvalue weighted by Crippen LogP contribution is 2.43. The van der Waals surface area contributed by atoms with E-state index < -0.39 is 0 Å². The second-order valence-electron chi connectivity index (χ2n) is 4.30. The summed E-state index contributed by atoms with van der Waals surface area (Å²) in [5.41, 5.74) is 4.28. The van der Waals surface area contributed by atoms with Crippen LogP contribution in [0.3, 0.4) is 0 Å². The van der Waals surface area contributed by atoms with Crippen molar-refractivity contribution in [1.29, 1.82) is 0 Å². The van der Waals surface area contributed by atoms with Crippen molar-refractivity contribution in [2.75, 3.05) is 5.32 Å². The van der Waals surface area contributed by atoms with Crippen LogP contribution in [0.1, 0.15) is 17.2 Å². The Balaban J connectivity index is 2.23. The Hall–Kier alpha value is -1.76. The third-order valence-electron chi connectivity index (χ3n) is 3.46. The van der Waals surface area contributed by atoms with Crippen LogP contribution in [0.15, 0.2) is 42.5 Å². The van der Waals surface area contributed by atoms with Crippen molar-refractivity contribution >= 4 is 16.5 Å². The van der Waals surface area contributed by atoms with Crippen molar-refractivity contribution in [2.24, 2.45) is 0 Å². The van der Waals surface area contributed by atoms with E-state index in [1.807, 2.05) is 0 Å². The van der Waals surface area contributed by atoms with Crippen molar-refractivity contribution < 1.29 is 0 Å². The molecule has 0 aromatic heterocycles. The zero-order valence-electron chi connectivity index (χ0n) is 8.33. The van der Waals surface area contributed by atoms with Gasteiger partial charge in [0.05, 0.1) is 6.04 Å². The van der Waals surface area contributed by atoms with E-state index in [2.05, 4.69) is 47.8 Å². The molecule has 0 fully saturated rings. The number of allylic oxidation sites excluding steroid dienone is 1. The molecule has 1 aliphatic carbocycles. The van der Waals surface area contributed by atoms with E-state index in [4.69, 9.17) is 0 Å². The average Bonchev–Trinajstić information content (AvgIpc) is 2.66. The van der Waals surface area contributed by atoms with Crippen LogP contribution in [0, 0.1) is 0 Å². The zero-order chi connectivity index (χ0) is 9.83. The molecule has 2 aromatic carbocycles. The monoisotopic (exact) mass is 193 g/mol. The molecule has 72 valence electrons. The van der Waals surface area contributed by atoms with Gasteiger partial charge in [-0.1, -0.05) is 36.4 Å². The number of hydrogen-bond donors (Lipinski definition) is 1. The van der Waals surface area contributed by atoms with Gasteiger partial charge in [-0.2, -0.15) is 0 Å². The maximum Gasteiger partial charge on any atom is 0.0707 e. The fraction of sp³-hybridized carbons (Fsp3) is 0.143. The predicted octanol–water partition coefficient (Wildman–Crippen LogP) is 3.42. The van der Waals surface area contributed by atoms with Crippen LogP contribution in [0.4, 0.5) is 5.69 Å². The molecule has 15 heavy (non-hydrogen) atoms. The van der Waals surface area contributed by atoms with Crippen molar-refractivity contribution in [3.63, 3.8) is 0 Å². The quantitative estimate of drug-likeness (QED) is 0.632. The van der Waals surface area contributed by atoms with E-state index in [0.717, 1.165) is 6.42 Å². The highest BCUT2D eigenvalue weighted by molar-refractivity contribution is 6.01. The molecule has 1 unspecified atom stereocenters. The third kappa shape index (κ3) is 0.834. The summed E-state index contributed by atoms with van der Waals surface area (Å²) in [7, 11) is 0. The summed E-state index contributed by atoms with van der Waals surface area (Å²) in [6.45, 7) is 0. The minimum absolute atomic E-state index is 0.412. The molecule has 0 bridgehead atoms. The van der Waals surface area contributed by atoms with E-state index in [-0.39, 0.29) is 0 Å². The summed E-state index contributed by atoms with van der Waals surface area (Å²) in [5, 5.41) is 6.36. The fourth-order valence-electron chi connectivity index (χ4n) is 2.82. The zero-order valence-corrected chi connectivity index (χ0v) is 8.33. The predicted molar refractivity (Wildman–Crippen MR) is 63.2 cm³/mol. The SMILES string of the molecule is C1=CC2Nc3cccc4ccc(c2c34)C1. The van der Waals surface area contributed by atoms with Crippen molar-refractivity contribution in [3.8, 4) is 0 Å². The second kappa shape index (κ2) is 2.43. The molecule has 2 aliphatic rings. The van der Waals surface area contributed by atoms with Crippen LogP contribution in [-0.4, -0.2) is 0 Å². The number of nitrogens with one attached hydrogen (secondary N) is 1. The van der Waals surface area contributed by atoms with Gasteiger partial charge in [0, 0.05) is 11.1 Å². The third-order valence-corrected chi connectivity index (χ3v) is 3.46. The average molecular weight is 193 g/mol. The normalized spacial score (nSPS) is 20.7. The van der Waals surface area contributed by atoms with Crippen LogP contribution in [0.25, 0.3) is 10.8 Å². The first-order chi connectivity index (χ1) is 7.43. The van der Waals surface area contributed by atoms with Crippen molar-refractivity contribution in [3.05, 3.63) is 53.6 Å². The summed E-state index contributed by atoms with van der Waals surface area (Å²) in [6, 6.07) is 11.4. The van der Waals surface area contributed by atoms with Gasteiger partial charge in [-0.05, 0) is 29.0 Å². The number of rotatable bonds is 0. The topological polar surface area (TPSA) is 12.0 Å². The Morgan fingerprint density at radius 2 is 2.13 bits per heavy atom. The van der Waals surface area contributed by atoms with E-state index >= 15 is 0 Å². The van der Waals surface area contributed by atoms with Gasteiger partial charge < -0.3 is 5.32 Å². The lowest BCUT2D eigenvalue weighted by molar-refractivity contribution is 0.961. The largest absolute Gasteiger partial charge is 0.374 e. The molecule has 1 N–H and O–H groups in total. The standard InChI is InChI=1S/C14H11N/c1-3-9-7-8-10-4-2-6-12-14(10)13(9)11(5-1)15-12/h1-3,5-8,12,15H,4H2. The highest BCUT2D eigenvalue weighted by Gasteiger charge is 2.25. The van der Waals surface area contributed by atoms with E-state index in [0.29, 0.717) is 6.04 Å². The Morgan fingerprint density at radius 1 is 1.13 bits per heavy atom. The van der Waals surface area contributed by atoms with Crippen LogP contribution in [-0.2, 0) is 6.42 Å². The van der Waals surface area contributed by atoms with Gasteiger partial charge in [-0.3, -0.25) is 0 Å². The summed E-state index contributed by atoms with van der Waals surface area (Å²) >= 11 is 0. The maximum absolute atomic E-state index is 3.56. The van der Waals surface area contributed by atoms with Crippen LogP contribution in [0.2, 0.25) is 0 Å². The van der Waals surface area contributed by atoms with Crippen LogP contribution in [0.5, 0.6) is 0 Å². The minimum atomic E-state index is 0.412. The molecule has 1 atom stereocenters. The van der Waals surface area contributed by atoms with Gasteiger partial charge in [-0.25, -0.2) is 0 Å². The molecule has 1 aliphatic heterocycles. The van der Waals surface area contributed by atoms with Crippen molar-refractivity contribution in [1.82, 2.24) is 0 Å². The molecule has 0 saturated carbocycles. The first kappa shape index (κ1) is 7.52. The molecular weight excluding hydrogens is 182 g/mol. The van der Waals surface area contributed by atoms with Crippen LogP contribution >= 0.6 is 0 Å². The lowest BCUT2D eigenvalue weighted by Gasteiger charge is -2.16. The Labute approximate surface area is 88.4 Å². The van der Waals surface area contributed by atoms with Gasteiger partial charge in [0.2, 0.25) is 0 Å². The summed E-state index contributed by atoms with van der Waals surface area (Å²) in [6.07, 6.45) is 5.62. The minimum Gasteiger partial charge on any atom is -0.374 e. The summed E-state index contributed by atoms with van der Waals surface area (Å²) < 4.78 is 0. The molecular formula is C14H11N. The first-order valence-electron chi connectivity index (χ1n) is 5.41. The van der Waals surface area contributed by atoms with Crippen LogP contribution < -0.4 is 5.32 Å². The van der Waals surface area contributed by atoms with Crippen molar-refractivity contribution in [2.45, 2.75) is 12.5 Å². The lowest BCUT2D eigenvalue weighted by atomic mass is 9.91. The molecule has 2 aromatic rings. The molecule has 0 amide bonds. The van der Waals surface area contributed by atoms with E-state index in [9.17, 15) is 0 Å². The van der Waals surface area contributed by atoms with E-state index in [1.165, 1.54) is 27.6 Å². The molecule has 0 spiro atoms. The second-order valence-corrected chi connectivity index (χ2v) is 4.30. The molecule has 1 heterocycles. The molecule has 4 rings (SSSR count). The van der Waals surface area contributed by atoms with E-state index in [1.54, 1.807) is 0 Å².